The second kappa shape index (κ2) is 7.17. The largest absolute Gasteiger partial charge is 0.307 e. The lowest BCUT2D eigenvalue weighted by molar-refractivity contribution is 0.163. The molecule has 0 saturated carbocycles. The Labute approximate surface area is 133 Å². The van der Waals surface area contributed by atoms with Gasteiger partial charge in [-0.3, -0.25) is 0 Å². The van der Waals surface area contributed by atoms with E-state index < -0.39 is 0 Å². The van der Waals surface area contributed by atoms with Crippen molar-refractivity contribution in [3.8, 4) is 0 Å². The summed E-state index contributed by atoms with van der Waals surface area (Å²) in [5.41, 5.74) is 1.52. The summed E-state index contributed by atoms with van der Waals surface area (Å²) in [6, 6.07) is 10.1. The van der Waals surface area contributed by atoms with Crippen molar-refractivity contribution in [3.05, 3.63) is 29.8 Å². The van der Waals surface area contributed by atoms with E-state index in [4.69, 9.17) is 0 Å². The Morgan fingerprint density at radius 2 is 2.00 bits per heavy atom. The highest BCUT2D eigenvalue weighted by atomic mass is 32.2. The van der Waals surface area contributed by atoms with E-state index in [0.29, 0.717) is 12.1 Å². The van der Waals surface area contributed by atoms with Crippen LogP contribution in [0.25, 0.3) is 0 Å². The SMILES string of the molecule is CCN1CCC(C(C)NC2CCSc3ccccc32)CC1. The maximum atomic E-state index is 3.95. The van der Waals surface area contributed by atoms with Gasteiger partial charge in [0, 0.05) is 17.0 Å². The summed E-state index contributed by atoms with van der Waals surface area (Å²) in [4.78, 5) is 4.06. The van der Waals surface area contributed by atoms with Crippen LogP contribution in [0.1, 0.15) is 44.7 Å². The van der Waals surface area contributed by atoms with Gasteiger partial charge in [0.2, 0.25) is 0 Å². The van der Waals surface area contributed by atoms with E-state index in [-0.39, 0.29) is 0 Å². The Kier molecular flexibility index (Phi) is 5.25. The maximum absolute atomic E-state index is 3.95. The van der Waals surface area contributed by atoms with Crippen LogP contribution in [0.3, 0.4) is 0 Å². The lowest BCUT2D eigenvalue weighted by atomic mass is 9.89. The average Bonchev–Trinajstić information content (AvgIpc) is 2.55. The molecule has 0 aliphatic carbocycles. The third-order valence-corrected chi connectivity index (χ3v) is 6.33. The van der Waals surface area contributed by atoms with Gasteiger partial charge >= 0.3 is 0 Å². The number of fused-ring (bicyclic) bond motifs is 1. The monoisotopic (exact) mass is 304 g/mol. The molecule has 0 radical (unpaired) electrons. The molecule has 1 aromatic rings. The smallest absolute Gasteiger partial charge is 0.0341 e. The topological polar surface area (TPSA) is 15.3 Å². The third-order valence-electron chi connectivity index (χ3n) is 5.21. The molecule has 0 spiro atoms. The Morgan fingerprint density at radius 3 is 2.76 bits per heavy atom. The lowest BCUT2D eigenvalue weighted by Gasteiger charge is -2.37. The number of nitrogens with one attached hydrogen (secondary N) is 1. The van der Waals surface area contributed by atoms with Crippen molar-refractivity contribution in [2.24, 2.45) is 5.92 Å². The minimum atomic E-state index is 0.557. The van der Waals surface area contributed by atoms with Crippen LogP contribution in [0.5, 0.6) is 0 Å². The number of likely N-dealkylation sites (tertiary alicyclic amines) is 1. The molecule has 2 atom stereocenters. The Bertz CT molecular complexity index is 454. The highest BCUT2D eigenvalue weighted by molar-refractivity contribution is 7.99. The zero-order chi connectivity index (χ0) is 14.7. The van der Waals surface area contributed by atoms with Gasteiger partial charge < -0.3 is 10.2 Å². The van der Waals surface area contributed by atoms with Crippen LogP contribution in [-0.2, 0) is 0 Å². The molecule has 0 aromatic heterocycles. The zero-order valence-corrected chi connectivity index (χ0v) is 14.2. The molecular formula is C18H28N2S. The number of nitrogens with zero attached hydrogens (tertiary/aromatic N) is 1. The van der Waals surface area contributed by atoms with Gasteiger partial charge in [-0.25, -0.2) is 0 Å². The van der Waals surface area contributed by atoms with Crippen molar-refractivity contribution < 1.29 is 0 Å². The highest BCUT2D eigenvalue weighted by Crippen LogP contribution is 2.36. The maximum Gasteiger partial charge on any atom is 0.0341 e. The highest BCUT2D eigenvalue weighted by Gasteiger charge is 2.27. The molecule has 2 aliphatic rings. The van der Waals surface area contributed by atoms with Crippen LogP contribution in [0.15, 0.2) is 29.2 Å². The fourth-order valence-corrected chi connectivity index (χ4v) is 4.86. The minimum absolute atomic E-state index is 0.557. The first kappa shape index (κ1) is 15.4. The van der Waals surface area contributed by atoms with E-state index in [1.807, 2.05) is 11.8 Å². The second-order valence-corrected chi connectivity index (χ2v) is 7.59. The van der Waals surface area contributed by atoms with Crippen molar-refractivity contribution in [3.63, 3.8) is 0 Å². The van der Waals surface area contributed by atoms with E-state index in [2.05, 4.69) is 48.3 Å². The van der Waals surface area contributed by atoms with Gasteiger partial charge in [-0.15, -0.1) is 11.8 Å². The summed E-state index contributed by atoms with van der Waals surface area (Å²) in [6.07, 6.45) is 3.97. The fourth-order valence-electron chi connectivity index (χ4n) is 3.74. The van der Waals surface area contributed by atoms with Crippen molar-refractivity contribution in [1.29, 1.82) is 0 Å². The summed E-state index contributed by atoms with van der Waals surface area (Å²) in [6.45, 7) is 8.45. The lowest BCUT2D eigenvalue weighted by Crippen LogP contribution is -2.43. The van der Waals surface area contributed by atoms with Crippen LogP contribution >= 0.6 is 11.8 Å². The molecule has 116 valence electrons. The van der Waals surface area contributed by atoms with Crippen LogP contribution < -0.4 is 5.32 Å². The molecule has 1 fully saturated rings. The first-order valence-corrected chi connectivity index (χ1v) is 9.46. The quantitative estimate of drug-likeness (QED) is 0.907. The molecule has 1 saturated heterocycles. The number of benzene rings is 1. The Hall–Kier alpha value is -0.510. The molecule has 1 N–H and O–H groups in total. The summed E-state index contributed by atoms with van der Waals surface area (Å²) in [5.74, 6) is 2.09. The molecule has 2 aliphatic heterocycles. The normalized spacial score (nSPS) is 25.5. The van der Waals surface area contributed by atoms with Crippen LogP contribution in [-0.4, -0.2) is 36.3 Å². The summed E-state index contributed by atoms with van der Waals surface area (Å²) < 4.78 is 0. The number of thioether (sulfide) groups is 1. The number of piperidine rings is 1. The molecule has 0 bridgehead atoms. The van der Waals surface area contributed by atoms with Crippen LogP contribution in [0.4, 0.5) is 0 Å². The van der Waals surface area contributed by atoms with E-state index in [0.717, 1.165) is 5.92 Å². The number of hydrogen-bond acceptors (Lipinski definition) is 3. The molecule has 3 heteroatoms. The second-order valence-electron chi connectivity index (χ2n) is 6.45. The van der Waals surface area contributed by atoms with E-state index in [1.54, 1.807) is 0 Å². The van der Waals surface area contributed by atoms with Gasteiger partial charge in [-0.2, -0.15) is 0 Å². The first-order chi connectivity index (χ1) is 10.3. The molecule has 1 aromatic carbocycles. The zero-order valence-electron chi connectivity index (χ0n) is 13.3. The van der Waals surface area contributed by atoms with Gasteiger partial charge in [0.25, 0.3) is 0 Å². The molecule has 0 amide bonds. The van der Waals surface area contributed by atoms with Crippen molar-refractivity contribution >= 4 is 11.8 Å². The van der Waals surface area contributed by atoms with Gasteiger partial charge in [0.15, 0.2) is 0 Å². The molecule has 2 heterocycles. The fraction of sp³-hybridized carbons (Fsp3) is 0.667. The van der Waals surface area contributed by atoms with Gasteiger partial charge in [-0.05, 0) is 69.1 Å². The van der Waals surface area contributed by atoms with Gasteiger partial charge in [0.1, 0.15) is 0 Å². The minimum Gasteiger partial charge on any atom is -0.307 e. The van der Waals surface area contributed by atoms with Crippen molar-refractivity contribution in [2.75, 3.05) is 25.4 Å². The molecule has 2 nitrogen and oxygen atoms in total. The number of rotatable bonds is 4. The van der Waals surface area contributed by atoms with Crippen LogP contribution in [0.2, 0.25) is 0 Å². The van der Waals surface area contributed by atoms with E-state index in [1.165, 1.54) is 55.1 Å². The number of hydrogen-bond donors (Lipinski definition) is 1. The van der Waals surface area contributed by atoms with Crippen LogP contribution in [0, 0.1) is 5.92 Å². The van der Waals surface area contributed by atoms with E-state index in [9.17, 15) is 0 Å². The standard InChI is InChI=1S/C18H28N2S/c1-3-20-11-8-15(9-12-20)14(2)19-17-10-13-21-18-7-5-4-6-16(17)18/h4-7,14-15,17,19H,3,8-13H2,1-2H3. The van der Waals surface area contributed by atoms with E-state index >= 15 is 0 Å². The third kappa shape index (κ3) is 3.64. The summed E-state index contributed by atoms with van der Waals surface area (Å²) in [7, 11) is 0. The van der Waals surface area contributed by atoms with Gasteiger partial charge in [0.05, 0.1) is 0 Å². The Balaban J connectivity index is 1.60. The van der Waals surface area contributed by atoms with Gasteiger partial charge in [-0.1, -0.05) is 25.1 Å². The predicted molar refractivity (Wildman–Crippen MR) is 92.0 cm³/mol. The van der Waals surface area contributed by atoms with Crippen molar-refractivity contribution in [1.82, 2.24) is 10.2 Å². The summed E-state index contributed by atoms with van der Waals surface area (Å²) in [5, 5.41) is 3.95. The summed E-state index contributed by atoms with van der Waals surface area (Å²) >= 11 is 2.01. The predicted octanol–water partition coefficient (Wildman–Crippen LogP) is 3.93. The molecule has 21 heavy (non-hydrogen) atoms. The average molecular weight is 305 g/mol. The molecular weight excluding hydrogens is 276 g/mol. The Morgan fingerprint density at radius 1 is 1.24 bits per heavy atom. The molecule has 3 rings (SSSR count). The molecule has 2 unspecified atom stereocenters. The van der Waals surface area contributed by atoms with Crippen molar-refractivity contribution in [2.45, 2.75) is 50.1 Å². The first-order valence-electron chi connectivity index (χ1n) is 8.48.